The Bertz CT molecular complexity index is 631. The van der Waals surface area contributed by atoms with E-state index in [0.29, 0.717) is 0 Å². The summed E-state index contributed by atoms with van der Waals surface area (Å²) in [4.78, 5) is 0. The molecule has 0 aromatic heterocycles. The van der Waals surface area contributed by atoms with Gasteiger partial charge in [0, 0.05) is 15.2 Å². The number of benzene rings is 2. The number of hydrogen-bond donors (Lipinski definition) is 1. The van der Waals surface area contributed by atoms with Gasteiger partial charge in [0.1, 0.15) is 0 Å². The van der Waals surface area contributed by atoms with Gasteiger partial charge in [-0.2, -0.15) is 0 Å². The fourth-order valence-corrected chi connectivity index (χ4v) is 3.26. The summed E-state index contributed by atoms with van der Waals surface area (Å²) in [6.07, 6.45) is 0. The van der Waals surface area contributed by atoms with Crippen LogP contribution in [-0.2, 0) is 5.41 Å². The molecule has 2 aromatic rings. The quantitative estimate of drug-likeness (QED) is 0.647. The summed E-state index contributed by atoms with van der Waals surface area (Å²) in [5.74, 6) is 0. The Morgan fingerprint density at radius 1 is 1.10 bits per heavy atom. The van der Waals surface area contributed by atoms with Gasteiger partial charge < -0.3 is 5.32 Å². The van der Waals surface area contributed by atoms with Gasteiger partial charge in [-0.05, 0) is 41.7 Å². The Labute approximate surface area is 140 Å². The minimum Gasteiger partial charge on any atom is -0.378 e. The highest BCUT2D eigenvalue weighted by atomic mass is 79.9. The average Bonchev–Trinajstić information content (AvgIpc) is 2.37. The van der Waals surface area contributed by atoms with Crippen LogP contribution in [0.15, 0.2) is 46.9 Å². The van der Waals surface area contributed by atoms with Crippen molar-refractivity contribution < 1.29 is 0 Å². The van der Waals surface area contributed by atoms with Crippen LogP contribution in [0.2, 0.25) is 5.02 Å². The van der Waals surface area contributed by atoms with E-state index in [9.17, 15) is 0 Å². The minimum atomic E-state index is 0.104. The standard InChI is InChI=1S/C18H21BrClN/c1-12(14-10-9-13(19)11-16(14)20)21-17-8-6-5-7-15(17)18(2,3)4/h5-12,21H,1-4H3. The van der Waals surface area contributed by atoms with Crippen LogP contribution in [-0.4, -0.2) is 0 Å². The normalized spacial score (nSPS) is 13.0. The lowest BCUT2D eigenvalue weighted by atomic mass is 9.85. The zero-order valence-electron chi connectivity index (χ0n) is 12.9. The highest BCUT2D eigenvalue weighted by Crippen LogP contribution is 2.33. The number of para-hydroxylation sites is 1. The van der Waals surface area contributed by atoms with Crippen LogP contribution in [0.3, 0.4) is 0 Å². The first kappa shape index (κ1) is 16.4. The molecule has 2 aromatic carbocycles. The molecule has 3 heteroatoms. The zero-order chi connectivity index (χ0) is 15.6. The van der Waals surface area contributed by atoms with Gasteiger partial charge >= 0.3 is 0 Å². The summed E-state index contributed by atoms with van der Waals surface area (Å²) < 4.78 is 0.999. The van der Waals surface area contributed by atoms with Crippen LogP contribution >= 0.6 is 27.5 Å². The third-order valence-electron chi connectivity index (χ3n) is 3.54. The summed E-state index contributed by atoms with van der Waals surface area (Å²) in [5, 5.41) is 4.37. The van der Waals surface area contributed by atoms with Crippen molar-refractivity contribution in [1.29, 1.82) is 0 Å². The fourth-order valence-electron chi connectivity index (χ4n) is 2.43. The molecule has 1 N–H and O–H groups in total. The summed E-state index contributed by atoms with van der Waals surface area (Å²) >= 11 is 9.80. The van der Waals surface area contributed by atoms with E-state index < -0.39 is 0 Å². The molecule has 2 rings (SSSR count). The summed E-state index contributed by atoms with van der Waals surface area (Å²) in [6, 6.07) is 14.6. The van der Waals surface area contributed by atoms with Crippen molar-refractivity contribution >= 4 is 33.2 Å². The molecule has 0 aliphatic carbocycles. The molecule has 0 fully saturated rings. The second-order valence-electron chi connectivity index (χ2n) is 6.33. The van der Waals surface area contributed by atoms with E-state index in [-0.39, 0.29) is 11.5 Å². The number of halogens is 2. The van der Waals surface area contributed by atoms with Gasteiger partial charge in [0.25, 0.3) is 0 Å². The molecule has 1 atom stereocenters. The molecule has 0 amide bonds. The maximum absolute atomic E-state index is 6.35. The van der Waals surface area contributed by atoms with Gasteiger partial charge in [-0.15, -0.1) is 0 Å². The first-order valence-electron chi connectivity index (χ1n) is 7.10. The van der Waals surface area contributed by atoms with Gasteiger partial charge in [0.05, 0.1) is 6.04 Å². The van der Waals surface area contributed by atoms with Crippen LogP contribution < -0.4 is 5.32 Å². The SMILES string of the molecule is CC(Nc1ccccc1C(C)(C)C)c1ccc(Br)cc1Cl. The highest BCUT2D eigenvalue weighted by molar-refractivity contribution is 9.10. The maximum atomic E-state index is 6.35. The molecule has 21 heavy (non-hydrogen) atoms. The molecule has 1 nitrogen and oxygen atoms in total. The van der Waals surface area contributed by atoms with Crippen LogP contribution in [0.5, 0.6) is 0 Å². The Balaban J connectivity index is 2.30. The lowest BCUT2D eigenvalue weighted by Gasteiger charge is -2.26. The van der Waals surface area contributed by atoms with Gasteiger partial charge in [0.15, 0.2) is 0 Å². The van der Waals surface area contributed by atoms with E-state index in [1.807, 2.05) is 12.1 Å². The predicted molar refractivity (Wildman–Crippen MR) is 96.3 cm³/mol. The van der Waals surface area contributed by atoms with E-state index in [0.717, 1.165) is 20.7 Å². The van der Waals surface area contributed by atoms with Crippen molar-refractivity contribution in [1.82, 2.24) is 0 Å². The average molecular weight is 367 g/mol. The lowest BCUT2D eigenvalue weighted by Crippen LogP contribution is -2.16. The summed E-state index contributed by atoms with van der Waals surface area (Å²) in [7, 11) is 0. The number of anilines is 1. The molecule has 112 valence electrons. The molecule has 0 bridgehead atoms. The summed E-state index contributed by atoms with van der Waals surface area (Å²) in [5.41, 5.74) is 3.68. The molecule has 0 aliphatic heterocycles. The molecule has 0 saturated carbocycles. The Morgan fingerprint density at radius 3 is 2.38 bits per heavy atom. The van der Waals surface area contributed by atoms with Crippen LogP contribution in [0.4, 0.5) is 5.69 Å². The first-order valence-corrected chi connectivity index (χ1v) is 8.27. The van der Waals surface area contributed by atoms with Crippen LogP contribution in [0, 0.1) is 0 Å². The van der Waals surface area contributed by atoms with Crippen LogP contribution in [0.25, 0.3) is 0 Å². The van der Waals surface area contributed by atoms with Crippen molar-refractivity contribution in [2.45, 2.75) is 39.2 Å². The van der Waals surface area contributed by atoms with Gasteiger partial charge in [-0.1, -0.05) is 72.6 Å². The number of rotatable bonds is 3. The molecule has 0 aliphatic rings. The first-order chi connectivity index (χ1) is 9.79. The lowest BCUT2D eigenvalue weighted by molar-refractivity contribution is 0.590. The highest BCUT2D eigenvalue weighted by Gasteiger charge is 2.19. The molecule has 0 radical (unpaired) electrons. The van der Waals surface area contributed by atoms with Crippen molar-refractivity contribution in [3.05, 3.63) is 63.1 Å². The Hall–Kier alpha value is -0.990. The number of hydrogen-bond acceptors (Lipinski definition) is 1. The van der Waals surface area contributed by atoms with E-state index >= 15 is 0 Å². The third-order valence-corrected chi connectivity index (χ3v) is 4.36. The van der Waals surface area contributed by atoms with Crippen molar-refractivity contribution in [2.75, 3.05) is 5.32 Å². The Morgan fingerprint density at radius 2 is 1.76 bits per heavy atom. The maximum Gasteiger partial charge on any atom is 0.0500 e. The van der Waals surface area contributed by atoms with E-state index in [2.05, 4.69) is 79.3 Å². The van der Waals surface area contributed by atoms with Crippen molar-refractivity contribution in [3.8, 4) is 0 Å². The smallest absolute Gasteiger partial charge is 0.0500 e. The molecular weight excluding hydrogens is 346 g/mol. The predicted octanol–water partition coefficient (Wildman–Crippen LogP) is 6.57. The summed E-state index contributed by atoms with van der Waals surface area (Å²) in [6.45, 7) is 8.81. The van der Waals surface area contributed by atoms with Crippen molar-refractivity contribution in [3.63, 3.8) is 0 Å². The van der Waals surface area contributed by atoms with E-state index in [4.69, 9.17) is 11.6 Å². The Kier molecular flexibility index (Phi) is 5.00. The molecule has 0 saturated heterocycles. The third kappa shape index (κ3) is 4.02. The largest absolute Gasteiger partial charge is 0.378 e. The zero-order valence-corrected chi connectivity index (χ0v) is 15.2. The molecular formula is C18H21BrClN. The van der Waals surface area contributed by atoms with E-state index in [1.165, 1.54) is 5.56 Å². The van der Waals surface area contributed by atoms with Crippen LogP contribution in [0.1, 0.15) is 44.9 Å². The topological polar surface area (TPSA) is 12.0 Å². The molecule has 1 unspecified atom stereocenters. The number of nitrogens with one attached hydrogen (secondary N) is 1. The van der Waals surface area contributed by atoms with Gasteiger partial charge in [0.2, 0.25) is 0 Å². The van der Waals surface area contributed by atoms with Gasteiger partial charge in [-0.3, -0.25) is 0 Å². The van der Waals surface area contributed by atoms with Crippen molar-refractivity contribution in [2.24, 2.45) is 0 Å². The monoisotopic (exact) mass is 365 g/mol. The molecule has 0 spiro atoms. The molecule has 0 heterocycles. The second kappa shape index (κ2) is 6.41. The van der Waals surface area contributed by atoms with Gasteiger partial charge in [-0.25, -0.2) is 0 Å². The second-order valence-corrected chi connectivity index (χ2v) is 7.65. The van der Waals surface area contributed by atoms with E-state index in [1.54, 1.807) is 0 Å². The fraction of sp³-hybridized carbons (Fsp3) is 0.333. The minimum absolute atomic E-state index is 0.104.